The van der Waals surface area contributed by atoms with Gasteiger partial charge in [0.2, 0.25) is 0 Å². The lowest BCUT2D eigenvalue weighted by Gasteiger charge is -2.23. The van der Waals surface area contributed by atoms with E-state index >= 15 is 0 Å². The van der Waals surface area contributed by atoms with Crippen LogP contribution in [0, 0.1) is 0 Å². The molecule has 2 aromatic carbocycles. The van der Waals surface area contributed by atoms with E-state index in [1.165, 1.54) is 16.2 Å². The maximum absolute atomic E-state index is 12.7. The molecule has 0 bridgehead atoms. The number of Topliss-reactive ketones (excluding diaryl/α,β-unsaturated/α-hetero) is 1. The average Bonchev–Trinajstić information content (AvgIpc) is 2.74. The Morgan fingerprint density at radius 1 is 1.10 bits per heavy atom. The number of fused-ring (bicyclic) bond motifs is 1. The van der Waals surface area contributed by atoms with Crippen molar-refractivity contribution in [2.24, 2.45) is 0 Å². The molecule has 0 amide bonds. The summed E-state index contributed by atoms with van der Waals surface area (Å²) in [6.45, 7) is 3.33. The number of hydrogen-bond acceptors (Lipinski definition) is 4. The van der Waals surface area contributed by atoms with Crippen molar-refractivity contribution >= 4 is 5.78 Å². The van der Waals surface area contributed by atoms with Crippen molar-refractivity contribution in [1.29, 1.82) is 0 Å². The number of rotatable bonds is 6. The van der Waals surface area contributed by atoms with Crippen molar-refractivity contribution in [2.75, 3.05) is 0 Å². The molecule has 0 aliphatic carbocycles. The minimum absolute atomic E-state index is 0.0143. The normalized spacial score (nSPS) is 15.6. The Hall–Kier alpha value is -3.18. The van der Waals surface area contributed by atoms with Crippen molar-refractivity contribution in [1.82, 2.24) is 9.88 Å². The van der Waals surface area contributed by atoms with Gasteiger partial charge < -0.3 is 14.6 Å². The Bertz CT molecular complexity index is 1070. The third-order valence-corrected chi connectivity index (χ3v) is 5.23. The van der Waals surface area contributed by atoms with Crippen LogP contribution in [0.3, 0.4) is 0 Å². The molecule has 0 fully saturated rings. The molecule has 0 saturated heterocycles. The summed E-state index contributed by atoms with van der Waals surface area (Å²) >= 11 is 0. The van der Waals surface area contributed by atoms with E-state index in [4.69, 9.17) is 4.74 Å². The zero-order valence-electron chi connectivity index (χ0n) is 16.4. The summed E-state index contributed by atoms with van der Waals surface area (Å²) in [4.78, 5) is 25.1. The van der Waals surface area contributed by atoms with E-state index in [0.29, 0.717) is 24.0 Å². The summed E-state index contributed by atoms with van der Waals surface area (Å²) in [7, 11) is 0. The molecule has 5 heteroatoms. The first kappa shape index (κ1) is 19.2. The van der Waals surface area contributed by atoms with E-state index in [2.05, 4.69) is 12.2 Å². The van der Waals surface area contributed by atoms with Crippen LogP contribution >= 0.6 is 0 Å². The van der Waals surface area contributed by atoms with Gasteiger partial charge >= 0.3 is 0 Å². The monoisotopic (exact) mass is 388 g/mol. The maximum Gasteiger partial charge on any atom is 0.254 e. The highest BCUT2D eigenvalue weighted by Crippen LogP contribution is 2.19. The van der Waals surface area contributed by atoms with Gasteiger partial charge in [0.05, 0.1) is 6.54 Å². The third-order valence-electron chi connectivity index (χ3n) is 5.23. The zero-order valence-corrected chi connectivity index (χ0v) is 16.4. The van der Waals surface area contributed by atoms with Gasteiger partial charge in [-0.3, -0.25) is 9.59 Å². The van der Waals surface area contributed by atoms with E-state index in [-0.39, 0.29) is 17.9 Å². The van der Waals surface area contributed by atoms with E-state index in [0.717, 1.165) is 24.1 Å². The molecular weight excluding hydrogens is 364 g/mol. The predicted octanol–water partition coefficient (Wildman–Crippen LogP) is 3.34. The SMILES string of the molecule is CC1Cc2ccc(C(=O)Cn3ccc(OCc4ccccc4)cc3=O)cc2CN1. The van der Waals surface area contributed by atoms with Crippen molar-refractivity contribution in [3.8, 4) is 5.75 Å². The number of carbonyl (C=O) groups excluding carboxylic acids is 1. The van der Waals surface area contributed by atoms with Gasteiger partial charge in [-0.25, -0.2) is 0 Å². The van der Waals surface area contributed by atoms with Crippen molar-refractivity contribution < 1.29 is 9.53 Å². The van der Waals surface area contributed by atoms with Crippen LogP contribution in [0.5, 0.6) is 5.75 Å². The fraction of sp³-hybridized carbons (Fsp3) is 0.250. The van der Waals surface area contributed by atoms with Crippen molar-refractivity contribution in [3.63, 3.8) is 0 Å². The Balaban J connectivity index is 1.43. The standard InChI is InChI=1S/C24H24N2O3/c1-17-11-19-7-8-20(12-21(19)14-25-17)23(27)15-26-10-9-22(13-24(26)28)29-16-18-5-3-2-4-6-18/h2-10,12-13,17,25H,11,14-16H2,1H3. The fourth-order valence-corrected chi connectivity index (χ4v) is 3.55. The number of hydrogen-bond donors (Lipinski definition) is 1. The minimum Gasteiger partial charge on any atom is -0.489 e. The topological polar surface area (TPSA) is 60.3 Å². The molecule has 5 nitrogen and oxygen atoms in total. The molecule has 1 atom stereocenters. The Morgan fingerprint density at radius 3 is 2.72 bits per heavy atom. The molecule has 1 aromatic heterocycles. The second-order valence-corrected chi connectivity index (χ2v) is 7.50. The summed E-state index contributed by atoms with van der Waals surface area (Å²) in [5.74, 6) is 0.419. The summed E-state index contributed by atoms with van der Waals surface area (Å²) in [6, 6.07) is 19.2. The second kappa shape index (κ2) is 8.45. The summed E-state index contributed by atoms with van der Waals surface area (Å²) in [6.07, 6.45) is 2.58. The molecule has 4 rings (SSSR count). The van der Waals surface area contributed by atoms with E-state index < -0.39 is 0 Å². The highest BCUT2D eigenvalue weighted by atomic mass is 16.5. The van der Waals surface area contributed by atoms with E-state index in [1.807, 2.05) is 48.5 Å². The van der Waals surface area contributed by atoms with E-state index in [1.54, 1.807) is 12.3 Å². The number of ketones is 1. The van der Waals surface area contributed by atoms with Gasteiger partial charge in [0.15, 0.2) is 5.78 Å². The molecule has 0 spiro atoms. The first-order chi connectivity index (χ1) is 14.1. The number of carbonyl (C=O) groups is 1. The fourth-order valence-electron chi connectivity index (χ4n) is 3.55. The average molecular weight is 388 g/mol. The Labute approximate surface area is 170 Å². The summed E-state index contributed by atoms with van der Waals surface area (Å²) in [5.41, 5.74) is 3.85. The molecule has 2 heterocycles. The van der Waals surface area contributed by atoms with Gasteiger partial charge in [-0.2, -0.15) is 0 Å². The number of ether oxygens (including phenoxy) is 1. The lowest BCUT2D eigenvalue weighted by molar-refractivity contribution is 0.0970. The second-order valence-electron chi connectivity index (χ2n) is 7.50. The number of aromatic nitrogens is 1. The van der Waals surface area contributed by atoms with Crippen LogP contribution in [-0.4, -0.2) is 16.4 Å². The molecule has 1 N–H and O–H groups in total. The minimum atomic E-state index is -0.252. The van der Waals surface area contributed by atoms with E-state index in [9.17, 15) is 9.59 Å². The van der Waals surface area contributed by atoms with Crippen LogP contribution in [0.1, 0.15) is 34.0 Å². The third kappa shape index (κ3) is 4.63. The number of pyridine rings is 1. The molecule has 0 radical (unpaired) electrons. The molecule has 3 aromatic rings. The van der Waals surface area contributed by atoms with Crippen LogP contribution in [0.4, 0.5) is 0 Å². The van der Waals surface area contributed by atoms with Crippen molar-refractivity contribution in [3.05, 3.63) is 99.5 Å². The largest absolute Gasteiger partial charge is 0.489 e. The van der Waals surface area contributed by atoms with Crippen LogP contribution in [-0.2, 0) is 26.1 Å². The molecule has 1 aliphatic rings. The molecule has 0 saturated carbocycles. The first-order valence-corrected chi connectivity index (χ1v) is 9.84. The lowest BCUT2D eigenvalue weighted by atomic mass is 9.94. The molecule has 1 unspecified atom stereocenters. The van der Waals surface area contributed by atoms with Crippen LogP contribution in [0.25, 0.3) is 0 Å². The van der Waals surface area contributed by atoms with Gasteiger partial charge in [0, 0.05) is 30.4 Å². The number of nitrogens with zero attached hydrogens (tertiary/aromatic N) is 1. The van der Waals surface area contributed by atoms with Crippen LogP contribution in [0.2, 0.25) is 0 Å². The zero-order chi connectivity index (χ0) is 20.2. The lowest BCUT2D eigenvalue weighted by Crippen LogP contribution is -2.33. The smallest absolute Gasteiger partial charge is 0.254 e. The van der Waals surface area contributed by atoms with Gasteiger partial charge in [-0.1, -0.05) is 42.5 Å². The van der Waals surface area contributed by atoms with Crippen molar-refractivity contribution in [2.45, 2.75) is 39.1 Å². The number of benzene rings is 2. The van der Waals surface area contributed by atoms with Gasteiger partial charge in [-0.15, -0.1) is 0 Å². The summed E-state index contributed by atoms with van der Waals surface area (Å²) < 4.78 is 7.10. The Kier molecular flexibility index (Phi) is 5.58. The maximum atomic E-state index is 12.7. The predicted molar refractivity (Wildman–Crippen MR) is 112 cm³/mol. The van der Waals surface area contributed by atoms with Crippen LogP contribution < -0.4 is 15.6 Å². The van der Waals surface area contributed by atoms with Gasteiger partial charge in [-0.05, 0) is 42.2 Å². The van der Waals surface area contributed by atoms with Crippen LogP contribution in [0.15, 0.2) is 71.7 Å². The highest BCUT2D eigenvalue weighted by molar-refractivity contribution is 5.96. The Morgan fingerprint density at radius 2 is 1.93 bits per heavy atom. The first-order valence-electron chi connectivity index (χ1n) is 9.84. The molecule has 148 valence electrons. The highest BCUT2D eigenvalue weighted by Gasteiger charge is 2.16. The molecular formula is C24H24N2O3. The van der Waals surface area contributed by atoms with Gasteiger partial charge in [0.25, 0.3) is 5.56 Å². The number of nitrogens with one attached hydrogen (secondary N) is 1. The molecule has 29 heavy (non-hydrogen) atoms. The summed E-state index contributed by atoms with van der Waals surface area (Å²) in [5, 5.41) is 3.41. The van der Waals surface area contributed by atoms with Gasteiger partial charge in [0.1, 0.15) is 12.4 Å². The quantitative estimate of drug-likeness (QED) is 0.658. The molecule has 1 aliphatic heterocycles.